The molecule has 0 N–H and O–H groups in total. The minimum Gasteiger partial charge on any atom is -0.432 e. The van der Waals surface area contributed by atoms with Gasteiger partial charge in [-0.05, 0) is 57.6 Å². The molecule has 0 aromatic carbocycles. The number of ether oxygens (including phenoxy) is 3. The molecule has 2 aliphatic heterocycles. The maximum Gasteiger partial charge on any atom is 0.335 e. The van der Waals surface area contributed by atoms with Crippen molar-refractivity contribution in [2.75, 3.05) is 6.61 Å². The van der Waals surface area contributed by atoms with Gasteiger partial charge in [0.25, 0.3) is 0 Å². The first kappa shape index (κ1) is 22.6. The summed E-state index contributed by atoms with van der Waals surface area (Å²) in [6, 6.07) is 0. The SMILES string of the molecule is CC(=O)C[C@H]1C[C@]2(C)CC=C3CO[C@H](CC(C)=O)[C@@]3(O1)[C@H]2/C=C/OC(=O)C=C(C)C. The standard InChI is InChI=1S/C24H32O6/c1-15(2)10-22(27)28-9-7-20-23(5)8-6-18-14-29-21(12-17(4)26)24(18,20)30-19(13-23)11-16(3)25/h6-7,9-10,19-21H,8,11-14H2,1-5H3/b9-7+/t19-,20-,21+,23-,24-/m0/s1. The summed E-state index contributed by atoms with van der Waals surface area (Å²) in [5.41, 5.74) is 0.852. The molecule has 30 heavy (non-hydrogen) atoms. The predicted octanol–water partition coefficient (Wildman–Crippen LogP) is 3.85. The zero-order chi connectivity index (χ0) is 22.1. The Kier molecular flexibility index (Phi) is 6.48. The highest BCUT2D eigenvalue weighted by Gasteiger charge is 2.64. The third kappa shape index (κ3) is 4.35. The van der Waals surface area contributed by atoms with E-state index >= 15 is 0 Å². The van der Waals surface area contributed by atoms with E-state index in [9.17, 15) is 14.4 Å². The molecule has 2 heterocycles. The van der Waals surface area contributed by atoms with Gasteiger partial charge in [0, 0.05) is 24.8 Å². The average molecular weight is 417 g/mol. The molecule has 2 fully saturated rings. The van der Waals surface area contributed by atoms with E-state index in [2.05, 4.69) is 13.0 Å². The Hall–Kier alpha value is -2.05. The molecule has 0 saturated carbocycles. The third-order valence-electron chi connectivity index (χ3n) is 6.35. The van der Waals surface area contributed by atoms with Crippen LogP contribution in [0.15, 0.2) is 35.6 Å². The molecule has 6 nitrogen and oxygen atoms in total. The summed E-state index contributed by atoms with van der Waals surface area (Å²) in [4.78, 5) is 35.8. The smallest absolute Gasteiger partial charge is 0.335 e. The molecular weight excluding hydrogens is 384 g/mol. The highest BCUT2D eigenvalue weighted by molar-refractivity contribution is 5.83. The number of ketones is 2. The molecule has 3 aliphatic rings. The van der Waals surface area contributed by atoms with Crippen LogP contribution in [0.4, 0.5) is 0 Å². The molecule has 2 bridgehead atoms. The van der Waals surface area contributed by atoms with Crippen molar-refractivity contribution >= 4 is 17.5 Å². The van der Waals surface area contributed by atoms with Crippen molar-refractivity contribution in [2.45, 2.75) is 78.1 Å². The molecule has 3 rings (SSSR count). The number of hydrogen-bond donors (Lipinski definition) is 0. The second kappa shape index (κ2) is 8.60. The second-order valence-electron chi connectivity index (χ2n) is 9.40. The molecule has 0 aromatic heterocycles. The Labute approximate surface area is 178 Å². The molecule has 5 atom stereocenters. The molecule has 6 heteroatoms. The second-order valence-corrected chi connectivity index (χ2v) is 9.40. The molecule has 1 spiro atoms. The minimum atomic E-state index is -0.823. The van der Waals surface area contributed by atoms with E-state index in [1.54, 1.807) is 13.8 Å². The van der Waals surface area contributed by atoms with E-state index in [4.69, 9.17) is 14.2 Å². The first-order chi connectivity index (χ1) is 14.1. The van der Waals surface area contributed by atoms with E-state index in [-0.39, 0.29) is 35.4 Å². The van der Waals surface area contributed by atoms with Crippen LogP contribution in [0, 0.1) is 11.3 Å². The number of esters is 1. The van der Waals surface area contributed by atoms with Gasteiger partial charge in [-0.1, -0.05) is 18.6 Å². The lowest BCUT2D eigenvalue weighted by Crippen LogP contribution is -2.62. The summed E-state index contributed by atoms with van der Waals surface area (Å²) in [5, 5.41) is 0. The Morgan fingerprint density at radius 1 is 1.17 bits per heavy atom. The van der Waals surface area contributed by atoms with Crippen molar-refractivity contribution in [3.05, 3.63) is 35.6 Å². The van der Waals surface area contributed by atoms with E-state index < -0.39 is 17.7 Å². The van der Waals surface area contributed by atoms with Crippen LogP contribution in [-0.4, -0.2) is 42.0 Å². The Morgan fingerprint density at radius 2 is 1.87 bits per heavy atom. The topological polar surface area (TPSA) is 78.9 Å². The number of allylic oxidation sites excluding steroid dienone is 2. The number of rotatable bonds is 7. The zero-order valence-electron chi connectivity index (χ0n) is 18.5. The summed E-state index contributed by atoms with van der Waals surface area (Å²) >= 11 is 0. The molecule has 0 unspecified atom stereocenters. The van der Waals surface area contributed by atoms with Gasteiger partial charge in [0.05, 0.1) is 25.1 Å². The van der Waals surface area contributed by atoms with Crippen LogP contribution in [0.25, 0.3) is 0 Å². The molecular formula is C24H32O6. The van der Waals surface area contributed by atoms with E-state index in [0.29, 0.717) is 19.4 Å². The van der Waals surface area contributed by atoms with E-state index in [1.807, 2.05) is 19.9 Å². The molecule has 0 aromatic rings. The average Bonchev–Trinajstić information content (AvgIpc) is 2.91. The number of carbonyl (C=O) groups excluding carboxylic acids is 3. The summed E-state index contributed by atoms with van der Waals surface area (Å²) in [6.07, 6.45) is 8.37. The van der Waals surface area contributed by atoms with Gasteiger partial charge in [0.1, 0.15) is 17.2 Å². The number of hydrogen-bond acceptors (Lipinski definition) is 6. The normalized spacial score (nSPS) is 34.8. The van der Waals surface area contributed by atoms with Crippen LogP contribution in [0.1, 0.15) is 60.3 Å². The van der Waals surface area contributed by atoms with Gasteiger partial charge in [-0.25, -0.2) is 4.79 Å². The summed E-state index contributed by atoms with van der Waals surface area (Å²) in [7, 11) is 0. The van der Waals surface area contributed by atoms with Gasteiger partial charge in [-0.15, -0.1) is 0 Å². The lowest BCUT2D eigenvalue weighted by atomic mass is 9.55. The quantitative estimate of drug-likeness (QED) is 0.271. The van der Waals surface area contributed by atoms with Crippen LogP contribution >= 0.6 is 0 Å². The van der Waals surface area contributed by atoms with Gasteiger partial charge < -0.3 is 14.2 Å². The van der Waals surface area contributed by atoms with Gasteiger partial charge in [0.15, 0.2) is 0 Å². The fraction of sp³-hybridized carbons (Fsp3) is 0.625. The first-order valence-corrected chi connectivity index (χ1v) is 10.6. The van der Waals surface area contributed by atoms with Crippen molar-refractivity contribution in [2.24, 2.45) is 11.3 Å². The number of fused-ring (bicyclic) bond motifs is 1. The Bertz CT molecular complexity index is 818. The largest absolute Gasteiger partial charge is 0.432 e. The lowest BCUT2D eigenvalue weighted by molar-refractivity contribution is -0.209. The Balaban J connectivity index is 1.98. The fourth-order valence-corrected chi connectivity index (χ4v) is 5.26. The van der Waals surface area contributed by atoms with Crippen molar-refractivity contribution in [3.63, 3.8) is 0 Å². The van der Waals surface area contributed by atoms with Gasteiger partial charge in [-0.3, -0.25) is 9.59 Å². The van der Waals surface area contributed by atoms with Crippen LogP contribution in [-0.2, 0) is 28.6 Å². The summed E-state index contributed by atoms with van der Waals surface area (Å²) in [5.74, 6) is -0.461. The molecule has 164 valence electrons. The van der Waals surface area contributed by atoms with Crippen molar-refractivity contribution in [1.29, 1.82) is 0 Å². The van der Waals surface area contributed by atoms with Gasteiger partial charge in [0.2, 0.25) is 0 Å². The van der Waals surface area contributed by atoms with Crippen LogP contribution in [0.5, 0.6) is 0 Å². The highest BCUT2D eigenvalue weighted by atomic mass is 16.6. The monoisotopic (exact) mass is 416 g/mol. The number of Topliss-reactive ketones (excluding diaryl/α,β-unsaturated/α-hetero) is 2. The van der Waals surface area contributed by atoms with E-state index in [1.165, 1.54) is 12.3 Å². The van der Waals surface area contributed by atoms with Crippen LogP contribution in [0.3, 0.4) is 0 Å². The highest BCUT2D eigenvalue weighted by Crippen LogP contribution is 2.60. The molecule has 0 radical (unpaired) electrons. The van der Waals surface area contributed by atoms with Crippen molar-refractivity contribution in [1.82, 2.24) is 0 Å². The van der Waals surface area contributed by atoms with Crippen molar-refractivity contribution < 1.29 is 28.6 Å². The third-order valence-corrected chi connectivity index (χ3v) is 6.35. The molecule has 1 aliphatic carbocycles. The molecule has 2 saturated heterocycles. The zero-order valence-corrected chi connectivity index (χ0v) is 18.5. The van der Waals surface area contributed by atoms with Crippen LogP contribution < -0.4 is 0 Å². The maximum atomic E-state index is 12.0. The van der Waals surface area contributed by atoms with Gasteiger partial charge in [-0.2, -0.15) is 0 Å². The first-order valence-electron chi connectivity index (χ1n) is 10.6. The summed E-state index contributed by atoms with van der Waals surface area (Å²) < 4.78 is 18.0. The Morgan fingerprint density at radius 3 is 2.50 bits per heavy atom. The lowest BCUT2D eigenvalue weighted by Gasteiger charge is -2.57. The van der Waals surface area contributed by atoms with Crippen molar-refractivity contribution in [3.8, 4) is 0 Å². The number of carbonyl (C=O) groups is 3. The summed E-state index contributed by atoms with van der Waals surface area (Å²) in [6.45, 7) is 9.36. The van der Waals surface area contributed by atoms with Crippen LogP contribution in [0.2, 0.25) is 0 Å². The van der Waals surface area contributed by atoms with Gasteiger partial charge >= 0.3 is 5.97 Å². The molecule has 0 amide bonds. The predicted molar refractivity (Wildman–Crippen MR) is 112 cm³/mol. The fourth-order valence-electron chi connectivity index (χ4n) is 5.26. The minimum absolute atomic E-state index is 0.0258. The maximum absolute atomic E-state index is 12.0. The van der Waals surface area contributed by atoms with E-state index in [0.717, 1.165) is 17.6 Å².